The summed E-state index contributed by atoms with van der Waals surface area (Å²) in [5.41, 5.74) is 1.65. The minimum atomic E-state index is 0.549. The van der Waals surface area contributed by atoms with Gasteiger partial charge in [-0.2, -0.15) is 0 Å². The van der Waals surface area contributed by atoms with Crippen LogP contribution in [0.2, 0.25) is 0 Å². The first-order chi connectivity index (χ1) is 6.77. The fraction of sp³-hybridized carbons (Fsp3) is 0.364. The molecule has 0 bridgehead atoms. The fourth-order valence-corrected chi connectivity index (χ4v) is 1.24. The Hall–Kier alpha value is -1.02. The number of hydrogen-bond acceptors (Lipinski definition) is 2. The van der Waals surface area contributed by atoms with Crippen molar-refractivity contribution in [3.05, 3.63) is 29.3 Å². The third kappa shape index (κ3) is 3.04. The number of rotatable bonds is 5. The van der Waals surface area contributed by atoms with Crippen molar-refractivity contribution in [3.8, 4) is 5.75 Å². The highest BCUT2D eigenvalue weighted by Crippen LogP contribution is 2.18. The molecule has 0 fully saturated rings. The van der Waals surface area contributed by atoms with Crippen LogP contribution in [-0.4, -0.2) is 18.8 Å². The van der Waals surface area contributed by atoms with Crippen molar-refractivity contribution in [2.75, 3.05) is 12.5 Å². The lowest BCUT2D eigenvalue weighted by molar-refractivity contribution is 0.111. The van der Waals surface area contributed by atoms with Crippen molar-refractivity contribution in [1.82, 2.24) is 0 Å². The number of aldehydes is 1. The van der Waals surface area contributed by atoms with E-state index in [4.69, 9.17) is 16.3 Å². The van der Waals surface area contributed by atoms with Gasteiger partial charge in [0.25, 0.3) is 0 Å². The van der Waals surface area contributed by atoms with Gasteiger partial charge in [0.15, 0.2) is 6.29 Å². The zero-order valence-corrected chi connectivity index (χ0v) is 8.88. The van der Waals surface area contributed by atoms with Gasteiger partial charge in [0, 0.05) is 5.88 Å². The molecule has 1 aromatic rings. The number of hydrogen-bond donors (Lipinski definition) is 0. The van der Waals surface area contributed by atoms with Crippen LogP contribution in [0, 0.1) is 6.92 Å². The monoisotopic (exact) mass is 212 g/mol. The van der Waals surface area contributed by atoms with E-state index < -0.39 is 0 Å². The van der Waals surface area contributed by atoms with Crippen molar-refractivity contribution in [2.45, 2.75) is 13.3 Å². The number of benzene rings is 1. The summed E-state index contributed by atoms with van der Waals surface area (Å²) in [7, 11) is 0. The second-order valence-electron chi connectivity index (χ2n) is 3.05. The van der Waals surface area contributed by atoms with Crippen LogP contribution >= 0.6 is 11.6 Å². The molecule has 0 aliphatic carbocycles. The molecule has 1 aromatic carbocycles. The number of aryl methyl sites for hydroxylation is 1. The fourth-order valence-electron chi connectivity index (χ4n) is 1.13. The highest BCUT2D eigenvalue weighted by Gasteiger charge is 2.02. The Morgan fingerprint density at radius 2 is 2.29 bits per heavy atom. The first kappa shape index (κ1) is 11.1. The van der Waals surface area contributed by atoms with Gasteiger partial charge in [0.2, 0.25) is 0 Å². The molecule has 0 heterocycles. The van der Waals surface area contributed by atoms with Crippen molar-refractivity contribution in [2.24, 2.45) is 0 Å². The molecule has 1 rings (SSSR count). The van der Waals surface area contributed by atoms with E-state index in [0.717, 1.165) is 18.3 Å². The average molecular weight is 213 g/mol. The summed E-state index contributed by atoms with van der Waals surface area (Å²) in [4.78, 5) is 10.7. The van der Waals surface area contributed by atoms with Crippen LogP contribution in [0.1, 0.15) is 22.3 Å². The number of halogens is 1. The van der Waals surface area contributed by atoms with Gasteiger partial charge >= 0.3 is 0 Å². The number of ether oxygens (including phenoxy) is 1. The van der Waals surface area contributed by atoms with E-state index in [1.807, 2.05) is 25.1 Å². The topological polar surface area (TPSA) is 26.3 Å². The third-order valence-corrected chi connectivity index (χ3v) is 2.10. The molecule has 0 radical (unpaired) electrons. The van der Waals surface area contributed by atoms with Crippen molar-refractivity contribution in [1.29, 1.82) is 0 Å². The van der Waals surface area contributed by atoms with Crippen LogP contribution in [0.15, 0.2) is 18.2 Å². The van der Waals surface area contributed by atoms with E-state index in [9.17, 15) is 4.79 Å². The first-order valence-corrected chi connectivity index (χ1v) is 5.06. The maximum atomic E-state index is 10.7. The number of carbonyl (C=O) groups is 1. The van der Waals surface area contributed by atoms with E-state index in [2.05, 4.69) is 0 Å². The van der Waals surface area contributed by atoms with Crippen LogP contribution < -0.4 is 4.74 Å². The molecule has 14 heavy (non-hydrogen) atoms. The Labute approximate surface area is 88.8 Å². The minimum Gasteiger partial charge on any atom is -0.493 e. The Balaban J connectivity index is 2.70. The summed E-state index contributed by atoms with van der Waals surface area (Å²) in [6.07, 6.45) is 1.59. The smallest absolute Gasteiger partial charge is 0.153 e. The minimum absolute atomic E-state index is 0.549. The SMILES string of the molecule is Cc1ccc(OCCCCl)c(C=O)c1. The molecule has 0 spiro atoms. The molecule has 76 valence electrons. The molecule has 0 N–H and O–H groups in total. The van der Waals surface area contributed by atoms with Crippen molar-refractivity contribution in [3.63, 3.8) is 0 Å². The van der Waals surface area contributed by atoms with Gasteiger partial charge in [-0.1, -0.05) is 11.6 Å². The van der Waals surface area contributed by atoms with Crippen LogP contribution in [0.3, 0.4) is 0 Å². The maximum absolute atomic E-state index is 10.7. The molecule has 0 saturated heterocycles. The lowest BCUT2D eigenvalue weighted by Crippen LogP contribution is -2.00. The molecule has 0 aromatic heterocycles. The largest absolute Gasteiger partial charge is 0.493 e. The molecule has 0 unspecified atom stereocenters. The average Bonchev–Trinajstić information content (AvgIpc) is 2.20. The van der Waals surface area contributed by atoms with E-state index in [0.29, 0.717) is 23.8 Å². The molecular formula is C11H13ClO2. The molecule has 0 aliphatic rings. The van der Waals surface area contributed by atoms with Gasteiger partial charge in [0.1, 0.15) is 5.75 Å². The van der Waals surface area contributed by atoms with Crippen LogP contribution in [0.25, 0.3) is 0 Å². The highest BCUT2D eigenvalue weighted by molar-refractivity contribution is 6.17. The molecular weight excluding hydrogens is 200 g/mol. The van der Waals surface area contributed by atoms with E-state index in [1.165, 1.54) is 0 Å². The molecule has 3 heteroatoms. The van der Waals surface area contributed by atoms with E-state index in [-0.39, 0.29) is 0 Å². The lowest BCUT2D eigenvalue weighted by Gasteiger charge is -2.07. The van der Waals surface area contributed by atoms with Gasteiger partial charge in [-0.05, 0) is 25.5 Å². The van der Waals surface area contributed by atoms with Crippen LogP contribution in [-0.2, 0) is 0 Å². The predicted octanol–water partition coefficient (Wildman–Crippen LogP) is 2.82. The predicted molar refractivity (Wildman–Crippen MR) is 57.4 cm³/mol. The van der Waals surface area contributed by atoms with Gasteiger partial charge < -0.3 is 4.74 Å². The van der Waals surface area contributed by atoms with Crippen LogP contribution in [0.4, 0.5) is 0 Å². The third-order valence-electron chi connectivity index (χ3n) is 1.83. The Morgan fingerprint density at radius 3 is 2.93 bits per heavy atom. The molecule has 0 amide bonds. The van der Waals surface area contributed by atoms with E-state index in [1.54, 1.807) is 0 Å². The van der Waals surface area contributed by atoms with Gasteiger partial charge in [-0.25, -0.2) is 0 Å². The molecule has 2 nitrogen and oxygen atoms in total. The Morgan fingerprint density at radius 1 is 1.50 bits per heavy atom. The summed E-state index contributed by atoms with van der Waals surface area (Å²) >= 11 is 5.52. The summed E-state index contributed by atoms with van der Waals surface area (Å²) in [6, 6.07) is 5.54. The van der Waals surface area contributed by atoms with Gasteiger partial charge in [0.05, 0.1) is 12.2 Å². The van der Waals surface area contributed by atoms with Gasteiger partial charge in [-0.15, -0.1) is 11.6 Å². The summed E-state index contributed by atoms with van der Waals surface area (Å²) in [5, 5.41) is 0. The number of alkyl halides is 1. The van der Waals surface area contributed by atoms with Crippen LogP contribution in [0.5, 0.6) is 5.75 Å². The normalized spacial score (nSPS) is 9.86. The Bertz CT molecular complexity index is 310. The standard InChI is InChI=1S/C11H13ClO2/c1-9-3-4-11(10(7-9)8-13)14-6-2-5-12/h3-4,7-8H,2,5-6H2,1H3. The second-order valence-corrected chi connectivity index (χ2v) is 3.43. The first-order valence-electron chi connectivity index (χ1n) is 4.52. The van der Waals surface area contributed by atoms with Crippen molar-refractivity contribution >= 4 is 17.9 Å². The molecule has 0 atom stereocenters. The van der Waals surface area contributed by atoms with E-state index >= 15 is 0 Å². The second kappa shape index (κ2) is 5.66. The summed E-state index contributed by atoms with van der Waals surface area (Å²) in [5.74, 6) is 1.21. The quantitative estimate of drug-likeness (QED) is 0.426. The molecule has 0 aliphatic heterocycles. The van der Waals surface area contributed by atoms with Crippen molar-refractivity contribution < 1.29 is 9.53 Å². The summed E-state index contributed by atoms with van der Waals surface area (Å²) in [6.45, 7) is 2.49. The number of carbonyl (C=O) groups excluding carboxylic acids is 1. The zero-order valence-electron chi connectivity index (χ0n) is 8.13. The summed E-state index contributed by atoms with van der Waals surface area (Å²) < 4.78 is 5.41. The maximum Gasteiger partial charge on any atom is 0.153 e. The van der Waals surface area contributed by atoms with Gasteiger partial charge in [-0.3, -0.25) is 4.79 Å². The zero-order chi connectivity index (χ0) is 10.4. The Kier molecular flexibility index (Phi) is 4.47. The lowest BCUT2D eigenvalue weighted by atomic mass is 10.1. The molecule has 0 saturated carbocycles. The highest BCUT2D eigenvalue weighted by atomic mass is 35.5.